The van der Waals surface area contributed by atoms with E-state index < -0.39 is 4.92 Å². The second kappa shape index (κ2) is 8.90. The molecule has 0 aliphatic rings. The summed E-state index contributed by atoms with van der Waals surface area (Å²) in [5.74, 6) is 1.34. The number of hydrogen-bond acceptors (Lipinski definition) is 5. The summed E-state index contributed by atoms with van der Waals surface area (Å²) in [5.41, 5.74) is 4.20. The number of non-ortho nitro benzene ring substituents is 1. The van der Waals surface area contributed by atoms with E-state index in [0.717, 1.165) is 16.8 Å². The lowest BCUT2D eigenvalue weighted by molar-refractivity contribution is -0.384. The van der Waals surface area contributed by atoms with E-state index in [9.17, 15) is 10.1 Å². The standard InChI is InChI=1S/C22H22N2O4/c1-16-3-5-17(6-4-16)15-28-21-12-7-18(13-22(21)27-2)14-23-19-8-10-20(11-9-19)24(25)26/h3-13,23H,14-15H2,1-2H3. The second-order valence-corrected chi connectivity index (χ2v) is 6.42. The molecular formula is C22H22N2O4. The number of methoxy groups -OCH3 is 1. The van der Waals surface area contributed by atoms with Crippen LogP contribution in [0.1, 0.15) is 16.7 Å². The molecule has 3 aromatic rings. The van der Waals surface area contributed by atoms with Gasteiger partial charge in [-0.2, -0.15) is 0 Å². The van der Waals surface area contributed by atoms with Crippen LogP contribution in [0.15, 0.2) is 66.7 Å². The Morgan fingerprint density at radius 3 is 2.25 bits per heavy atom. The van der Waals surface area contributed by atoms with Gasteiger partial charge in [0.15, 0.2) is 11.5 Å². The predicted octanol–water partition coefficient (Wildman–Crippen LogP) is 5.10. The fourth-order valence-corrected chi connectivity index (χ4v) is 2.69. The van der Waals surface area contributed by atoms with E-state index in [2.05, 4.69) is 24.4 Å². The van der Waals surface area contributed by atoms with Crippen molar-refractivity contribution in [2.24, 2.45) is 0 Å². The highest BCUT2D eigenvalue weighted by Crippen LogP contribution is 2.29. The first kappa shape index (κ1) is 19.2. The average Bonchev–Trinajstić information content (AvgIpc) is 2.72. The van der Waals surface area contributed by atoms with Gasteiger partial charge in [0.25, 0.3) is 5.69 Å². The van der Waals surface area contributed by atoms with Crippen LogP contribution in [0.3, 0.4) is 0 Å². The molecule has 0 unspecified atom stereocenters. The molecule has 0 aliphatic carbocycles. The number of benzene rings is 3. The van der Waals surface area contributed by atoms with Gasteiger partial charge >= 0.3 is 0 Å². The van der Waals surface area contributed by atoms with Crippen LogP contribution < -0.4 is 14.8 Å². The number of aryl methyl sites for hydroxylation is 1. The quantitative estimate of drug-likeness (QED) is 0.436. The van der Waals surface area contributed by atoms with Gasteiger partial charge in [-0.3, -0.25) is 10.1 Å². The molecule has 1 N–H and O–H groups in total. The van der Waals surface area contributed by atoms with Crippen LogP contribution in [0.4, 0.5) is 11.4 Å². The first-order chi connectivity index (χ1) is 13.5. The maximum atomic E-state index is 10.7. The van der Waals surface area contributed by atoms with Crippen LogP contribution >= 0.6 is 0 Å². The Kier molecular flexibility index (Phi) is 6.11. The summed E-state index contributed by atoms with van der Waals surface area (Å²) in [4.78, 5) is 10.3. The number of nitro benzene ring substituents is 1. The van der Waals surface area contributed by atoms with Crippen molar-refractivity contribution in [1.29, 1.82) is 0 Å². The summed E-state index contributed by atoms with van der Waals surface area (Å²) in [5, 5.41) is 14.0. The van der Waals surface area contributed by atoms with Crippen LogP contribution in [0, 0.1) is 17.0 Å². The van der Waals surface area contributed by atoms with Crippen LogP contribution in [0.2, 0.25) is 0 Å². The Balaban J connectivity index is 1.61. The molecule has 144 valence electrons. The molecule has 6 nitrogen and oxygen atoms in total. The smallest absolute Gasteiger partial charge is 0.269 e. The molecule has 28 heavy (non-hydrogen) atoms. The van der Waals surface area contributed by atoms with Gasteiger partial charge in [0.1, 0.15) is 6.61 Å². The Labute approximate surface area is 163 Å². The largest absolute Gasteiger partial charge is 0.493 e. The zero-order valence-electron chi connectivity index (χ0n) is 15.8. The maximum absolute atomic E-state index is 10.7. The molecule has 0 amide bonds. The Morgan fingerprint density at radius 1 is 0.929 bits per heavy atom. The third-order valence-corrected chi connectivity index (χ3v) is 4.32. The fraction of sp³-hybridized carbons (Fsp3) is 0.182. The number of nitrogens with zero attached hydrogens (tertiary/aromatic N) is 1. The SMILES string of the molecule is COc1cc(CNc2ccc([N+](=O)[O-])cc2)ccc1OCc1ccc(C)cc1. The molecule has 0 aromatic heterocycles. The van der Waals surface area contributed by atoms with Crippen molar-refractivity contribution in [3.63, 3.8) is 0 Å². The average molecular weight is 378 g/mol. The van der Waals surface area contributed by atoms with E-state index in [-0.39, 0.29) is 5.69 Å². The summed E-state index contributed by atoms with van der Waals surface area (Å²) in [7, 11) is 1.61. The highest BCUT2D eigenvalue weighted by Gasteiger charge is 2.08. The molecule has 0 heterocycles. The van der Waals surface area contributed by atoms with Gasteiger partial charge in [-0.25, -0.2) is 0 Å². The molecule has 3 rings (SSSR count). The Hall–Kier alpha value is -3.54. The minimum atomic E-state index is -0.413. The van der Waals surface area contributed by atoms with Gasteiger partial charge in [-0.05, 0) is 42.3 Å². The Morgan fingerprint density at radius 2 is 1.61 bits per heavy atom. The van der Waals surface area contributed by atoms with E-state index in [4.69, 9.17) is 9.47 Å². The molecule has 0 aliphatic heterocycles. The van der Waals surface area contributed by atoms with E-state index >= 15 is 0 Å². The van der Waals surface area contributed by atoms with Gasteiger partial charge in [-0.1, -0.05) is 35.9 Å². The van der Waals surface area contributed by atoms with Crippen molar-refractivity contribution in [3.05, 3.63) is 93.5 Å². The molecule has 0 radical (unpaired) electrons. The number of hydrogen-bond donors (Lipinski definition) is 1. The monoisotopic (exact) mass is 378 g/mol. The lowest BCUT2D eigenvalue weighted by Gasteiger charge is -2.13. The topological polar surface area (TPSA) is 73.6 Å². The van der Waals surface area contributed by atoms with Crippen molar-refractivity contribution in [1.82, 2.24) is 0 Å². The van der Waals surface area contributed by atoms with Crippen molar-refractivity contribution < 1.29 is 14.4 Å². The van der Waals surface area contributed by atoms with Gasteiger partial charge < -0.3 is 14.8 Å². The van der Waals surface area contributed by atoms with Crippen LogP contribution in [0.5, 0.6) is 11.5 Å². The molecule has 0 fully saturated rings. The highest BCUT2D eigenvalue weighted by atomic mass is 16.6. The summed E-state index contributed by atoms with van der Waals surface area (Å²) in [6.07, 6.45) is 0. The van der Waals surface area contributed by atoms with Gasteiger partial charge in [-0.15, -0.1) is 0 Å². The first-order valence-corrected chi connectivity index (χ1v) is 8.89. The summed E-state index contributed by atoms with van der Waals surface area (Å²) in [6.45, 7) is 3.08. The predicted molar refractivity (Wildman–Crippen MR) is 109 cm³/mol. The number of anilines is 1. The maximum Gasteiger partial charge on any atom is 0.269 e. The fourth-order valence-electron chi connectivity index (χ4n) is 2.69. The van der Waals surface area contributed by atoms with E-state index in [1.165, 1.54) is 17.7 Å². The summed E-state index contributed by atoms with van der Waals surface area (Å²) >= 11 is 0. The highest BCUT2D eigenvalue weighted by molar-refractivity contribution is 5.50. The van der Waals surface area contributed by atoms with Crippen molar-refractivity contribution >= 4 is 11.4 Å². The number of nitrogens with one attached hydrogen (secondary N) is 1. The summed E-state index contributed by atoms with van der Waals surface area (Å²) < 4.78 is 11.4. The molecule has 6 heteroatoms. The van der Waals surface area contributed by atoms with Gasteiger partial charge in [0.2, 0.25) is 0 Å². The Bertz CT molecular complexity index is 938. The number of rotatable bonds is 8. The normalized spacial score (nSPS) is 10.4. The van der Waals surface area contributed by atoms with Crippen LogP contribution in [0.25, 0.3) is 0 Å². The van der Waals surface area contributed by atoms with E-state index in [1.807, 2.05) is 30.3 Å². The molecule has 0 bridgehead atoms. The second-order valence-electron chi connectivity index (χ2n) is 6.42. The van der Waals surface area contributed by atoms with E-state index in [0.29, 0.717) is 24.7 Å². The molecule has 0 saturated carbocycles. The molecule has 0 spiro atoms. The summed E-state index contributed by atoms with van der Waals surface area (Å²) in [6, 6.07) is 20.3. The minimum Gasteiger partial charge on any atom is -0.493 e. The van der Waals surface area contributed by atoms with Crippen molar-refractivity contribution in [2.75, 3.05) is 12.4 Å². The van der Waals surface area contributed by atoms with Crippen molar-refractivity contribution in [3.8, 4) is 11.5 Å². The first-order valence-electron chi connectivity index (χ1n) is 8.89. The lowest BCUT2D eigenvalue weighted by atomic mass is 10.1. The van der Waals surface area contributed by atoms with Crippen LogP contribution in [-0.2, 0) is 13.2 Å². The molecule has 3 aromatic carbocycles. The number of ether oxygens (including phenoxy) is 2. The third kappa shape index (κ3) is 5.01. The molecule has 0 saturated heterocycles. The van der Waals surface area contributed by atoms with Crippen molar-refractivity contribution in [2.45, 2.75) is 20.1 Å². The zero-order chi connectivity index (χ0) is 19.9. The molecular weight excluding hydrogens is 356 g/mol. The number of nitro groups is 1. The van der Waals surface area contributed by atoms with Crippen LogP contribution in [-0.4, -0.2) is 12.0 Å². The molecule has 0 atom stereocenters. The van der Waals surface area contributed by atoms with Gasteiger partial charge in [0, 0.05) is 24.4 Å². The zero-order valence-corrected chi connectivity index (χ0v) is 15.8. The lowest BCUT2D eigenvalue weighted by Crippen LogP contribution is -2.02. The third-order valence-electron chi connectivity index (χ3n) is 4.32. The van der Waals surface area contributed by atoms with E-state index in [1.54, 1.807) is 19.2 Å². The van der Waals surface area contributed by atoms with Gasteiger partial charge in [0.05, 0.1) is 12.0 Å². The minimum absolute atomic E-state index is 0.0716.